The molecular formula is C3H6BrClO. The van der Waals surface area contributed by atoms with Gasteiger partial charge in [-0.3, -0.25) is 0 Å². The molecule has 0 aliphatic carbocycles. The highest BCUT2D eigenvalue weighted by molar-refractivity contribution is 9.09. The summed E-state index contributed by atoms with van der Waals surface area (Å²) in [6.45, 7) is 0.698. The van der Waals surface area contributed by atoms with Gasteiger partial charge in [-0.25, -0.2) is 0 Å². The minimum Gasteiger partial charge on any atom is -0.365 e. The van der Waals surface area contributed by atoms with Gasteiger partial charge in [-0.15, -0.1) is 0 Å². The average Bonchev–Trinajstić information content (AvgIpc) is 1.61. The monoisotopic (exact) mass is 172 g/mol. The quantitative estimate of drug-likeness (QED) is 0.465. The number of ether oxygens (including phenoxy) is 1. The van der Waals surface area contributed by atoms with Gasteiger partial charge in [0.15, 0.2) is 0 Å². The van der Waals surface area contributed by atoms with E-state index >= 15 is 0 Å². The van der Waals surface area contributed by atoms with Crippen LogP contribution >= 0.6 is 27.5 Å². The highest BCUT2D eigenvalue weighted by Gasteiger charge is 1.75. The third-order valence-corrected chi connectivity index (χ3v) is 0.777. The number of hydrogen-bond acceptors (Lipinski definition) is 1. The number of alkyl halides is 2. The second-order valence-corrected chi connectivity index (χ2v) is 1.72. The fourth-order valence-corrected chi connectivity index (χ4v) is 0.447. The highest BCUT2D eigenvalue weighted by Crippen LogP contribution is 1.82. The maximum atomic E-state index is 5.14. The topological polar surface area (TPSA) is 9.23 Å². The summed E-state index contributed by atoms with van der Waals surface area (Å²) in [7, 11) is 0. The first-order valence-electron chi connectivity index (χ1n) is 1.61. The summed E-state index contributed by atoms with van der Waals surface area (Å²) in [4.78, 5) is 0. The van der Waals surface area contributed by atoms with Gasteiger partial charge in [-0.05, 0) is 0 Å². The van der Waals surface area contributed by atoms with E-state index in [-0.39, 0.29) is 0 Å². The summed E-state index contributed by atoms with van der Waals surface area (Å²) in [5.74, 6) is 0. The van der Waals surface area contributed by atoms with Crippen molar-refractivity contribution in [3.63, 3.8) is 0 Å². The lowest BCUT2D eigenvalue weighted by molar-refractivity contribution is 0.199. The maximum Gasteiger partial charge on any atom is 0.120 e. The molecule has 0 aromatic heterocycles. The summed E-state index contributed by atoms with van der Waals surface area (Å²) in [5.41, 5.74) is 0. The summed E-state index contributed by atoms with van der Waals surface area (Å²) in [5, 5.41) is 0.861. The van der Waals surface area contributed by atoms with Crippen LogP contribution in [-0.2, 0) is 4.74 Å². The van der Waals surface area contributed by atoms with E-state index in [0.717, 1.165) is 5.33 Å². The van der Waals surface area contributed by atoms with Gasteiger partial charge in [0.1, 0.15) is 6.07 Å². The Hall–Kier alpha value is 0.730. The van der Waals surface area contributed by atoms with Crippen molar-refractivity contribution in [1.29, 1.82) is 0 Å². The lowest BCUT2D eigenvalue weighted by Gasteiger charge is -1.88. The Kier molecular flexibility index (Phi) is 6.43. The molecule has 0 radical (unpaired) electrons. The molecule has 3 heteroatoms. The largest absolute Gasteiger partial charge is 0.365 e. The Morgan fingerprint density at radius 1 is 1.67 bits per heavy atom. The van der Waals surface area contributed by atoms with Gasteiger partial charge in [-0.2, -0.15) is 0 Å². The van der Waals surface area contributed by atoms with Crippen molar-refractivity contribution in [2.75, 3.05) is 18.0 Å². The molecule has 0 saturated heterocycles. The predicted molar refractivity (Wildman–Crippen MR) is 30.5 cm³/mol. The second-order valence-electron chi connectivity index (χ2n) is 0.706. The van der Waals surface area contributed by atoms with Crippen LogP contribution in [0.25, 0.3) is 0 Å². The first kappa shape index (κ1) is 6.73. The van der Waals surface area contributed by atoms with Crippen molar-refractivity contribution in [1.82, 2.24) is 0 Å². The Morgan fingerprint density at radius 2 is 2.33 bits per heavy atom. The first-order valence-corrected chi connectivity index (χ1v) is 3.27. The first-order chi connectivity index (χ1) is 2.91. The van der Waals surface area contributed by atoms with E-state index < -0.39 is 0 Å². The molecule has 0 saturated carbocycles. The molecule has 0 spiro atoms. The van der Waals surface area contributed by atoms with Crippen LogP contribution in [0, 0.1) is 0 Å². The van der Waals surface area contributed by atoms with Gasteiger partial charge in [-0.1, -0.05) is 27.5 Å². The molecule has 0 N–H and O–H groups in total. The van der Waals surface area contributed by atoms with Crippen molar-refractivity contribution in [2.24, 2.45) is 0 Å². The summed E-state index contributed by atoms with van der Waals surface area (Å²) in [6.07, 6.45) is 0. The van der Waals surface area contributed by atoms with E-state index in [1.807, 2.05) is 0 Å². The van der Waals surface area contributed by atoms with Gasteiger partial charge < -0.3 is 4.74 Å². The zero-order valence-electron chi connectivity index (χ0n) is 3.29. The molecule has 0 heterocycles. The molecule has 38 valence electrons. The Labute approximate surface area is 50.8 Å². The van der Waals surface area contributed by atoms with E-state index in [0.29, 0.717) is 12.7 Å². The Bertz CT molecular complexity index is 22.8. The molecule has 0 aliphatic rings. The van der Waals surface area contributed by atoms with Crippen LogP contribution in [0.3, 0.4) is 0 Å². The van der Waals surface area contributed by atoms with Crippen molar-refractivity contribution < 1.29 is 4.74 Å². The van der Waals surface area contributed by atoms with Gasteiger partial charge in [0.2, 0.25) is 0 Å². The van der Waals surface area contributed by atoms with Gasteiger partial charge in [0, 0.05) is 5.33 Å². The van der Waals surface area contributed by atoms with Crippen LogP contribution in [0.5, 0.6) is 0 Å². The van der Waals surface area contributed by atoms with Crippen LogP contribution in [0.15, 0.2) is 0 Å². The van der Waals surface area contributed by atoms with Crippen molar-refractivity contribution in [3.05, 3.63) is 0 Å². The fraction of sp³-hybridized carbons (Fsp3) is 1.00. The fourth-order valence-electron chi connectivity index (χ4n) is 0.109. The van der Waals surface area contributed by atoms with E-state index in [9.17, 15) is 0 Å². The molecule has 0 aromatic carbocycles. The van der Waals surface area contributed by atoms with Gasteiger partial charge >= 0.3 is 0 Å². The smallest absolute Gasteiger partial charge is 0.120 e. The van der Waals surface area contributed by atoms with Crippen LogP contribution in [-0.4, -0.2) is 18.0 Å². The molecule has 0 aliphatic heterocycles. The minimum absolute atomic E-state index is 0.297. The van der Waals surface area contributed by atoms with E-state index in [1.54, 1.807) is 0 Å². The molecule has 0 aromatic rings. The highest BCUT2D eigenvalue weighted by atomic mass is 79.9. The normalized spacial score (nSPS) is 9.00. The molecule has 0 rings (SSSR count). The molecule has 0 amide bonds. The van der Waals surface area contributed by atoms with Crippen molar-refractivity contribution in [3.8, 4) is 0 Å². The van der Waals surface area contributed by atoms with Gasteiger partial charge in [0.05, 0.1) is 6.61 Å². The van der Waals surface area contributed by atoms with Crippen LogP contribution in [0.2, 0.25) is 0 Å². The number of rotatable bonds is 3. The lowest BCUT2D eigenvalue weighted by Crippen LogP contribution is -1.90. The third-order valence-electron chi connectivity index (χ3n) is 0.299. The molecule has 1 nitrogen and oxygen atoms in total. The van der Waals surface area contributed by atoms with E-state index in [4.69, 9.17) is 16.3 Å². The van der Waals surface area contributed by atoms with Crippen LogP contribution < -0.4 is 0 Å². The lowest BCUT2D eigenvalue weighted by atomic mass is 10.9. The van der Waals surface area contributed by atoms with E-state index in [1.165, 1.54) is 0 Å². The predicted octanol–water partition coefficient (Wildman–Crippen LogP) is 1.59. The Morgan fingerprint density at radius 3 is 2.50 bits per heavy atom. The molecule has 6 heavy (non-hydrogen) atoms. The van der Waals surface area contributed by atoms with Crippen LogP contribution in [0.4, 0.5) is 0 Å². The SMILES string of the molecule is ClCOCCBr. The second kappa shape index (κ2) is 5.73. The molecule has 0 bridgehead atoms. The zero-order valence-corrected chi connectivity index (χ0v) is 5.63. The third kappa shape index (κ3) is 4.73. The summed E-state index contributed by atoms with van der Waals surface area (Å²) >= 11 is 8.30. The standard InChI is InChI=1S/C3H6BrClO/c4-1-2-6-3-5/h1-3H2. The molecular weight excluding hydrogens is 167 g/mol. The number of hydrogen-bond donors (Lipinski definition) is 0. The zero-order chi connectivity index (χ0) is 4.83. The average molecular weight is 173 g/mol. The summed E-state index contributed by atoms with van der Waals surface area (Å²) < 4.78 is 4.70. The van der Waals surface area contributed by atoms with E-state index in [2.05, 4.69) is 15.9 Å². The Balaban J connectivity index is 2.34. The van der Waals surface area contributed by atoms with Crippen molar-refractivity contribution in [2.45, 2.75) is 0 Å². The maximum absolute atomic E-state index is 5.14. The summed E-state index contributed by atoms with van der Waals surface area (Å²) in [6, 6.07) is 0.297. The van der Waals surface area contributed by atoms with Crippen molar-refractivity contribution >= 4 is 27.5 Å². The molecule has 0 fully saturated rings. The minimum atomic E-state index is 0.297. The molecule has 0 unspecified atom stereocenters. The van der Waals surface area contributed by atoms with Gasteiger partial charge in [0.25, 0.3) is 0 Å². The molecule has 0 atom stereocenters. The van der Waals surface area contributed by atoms with Crippen LogP contribution in [0.1, 0.15) is 0 Å². The number of halogens is 2.